The van der Waals surface area contributed by atoms with Crippen molar-refractivity contribution in [3.05, 3.63) is 59.9 Å². The van der Waals surface area contributed by atoms with Gasteiger partial charge in [0.15, 0.2) is 6.61 Å². The molecule has 1 aromatic carbocycles. The number of rotatable bonds is 6. The summed E-state index contributed by atoms with van der Waals surface area (Å²) in [6.07, 6.45) is 3.64. The number of hydrogen-bond donors (Lipinski definition) is 1. The van der Waals surface area contributed by atoms with E-state index >= 15 is 0 Å². The van der Waals surface area contributed by atoms with Crippen LogP contribution in [-0.4, -0.2) is 11.6 Å². The average molecular weight is 267 g/mol. The first-order chi connectivity index (χ1) is 9.79. The van der Waals surface area contributed by atoms with Crippen molar-refractivity contribution in [3.63, 3.8) is 0 Å². The largest absolute Gasteiger partial charge is 0.479 e. The Kier molecular flexibility index (Phi) is 5.10. The normalized spacial score (nSPS) is 11.6. The van der Waals surface area contributed by atoms with Crippen molar-refractivity contribution in [1.82, 2.24) is 10.3 Å². The number of pyridine rings is 1. The van der Waals surface area contributed by atoms with Crippen LogP contribution in [0.3, 0.4) is 0 Å². The van der Waals surface area contributed by atoms with Crippen molar-refractivity contribution in [1.29, 1.82) is 5.26 Å². The Balaban J connectivity index is 1.92. The molecule has 1 N–H and O–H groups in total. The Bertz CT molecular complexity index is 578. The summed E-state index contributed by atoms with van der Waals surface area (Å²) in [7, 11) is 0. The number of hydrogen-bond acceptors (Lipinski definition) is 4. The molecule has 0 bridgehead atoms. The third-order valence-electron chi connectivity index (χ3n) is 3.00. The minimum Gasteiger partial charge on any atom is -0.479 e. The maximum atomic E-state index is 8.51. The summed E-state index contributed by atoms with van der Waals surface area (Å²) in [6.45, 7) is 2.91. The van der Waals surface area contributed by atoms with E-state index in [1.807, 2.05) is 42.6 Å². The van der Waals surface area contributed by atoms with Gasteiger partial charge in [-0.15, -0.1) is 0 Å². The van der Waals surface area contributed by atoms with Crippen molar-refractivity contribution < 1.29 is 4.74 Å². The summed E-state index contributed by atoms with van der Waals surface area (Å²) >= 11 is 0. The topological polar surface area (TPSA) is 57.9 Å². The van der Waals surface area contributed by atoms with Crippen molar-refractivity contribution in [3.8, 4) is 11.8 Å². The van der Waals surface area contributed by atoms with E-state index in [1.165, 1.54) is 0 Å². The number of aromatic nitrogens is 1. The van der Waals surface area contributed by atoms with Gasteiger partial charge >= 0.3 is 0 Å². The molecule has 0 fully saturated rings. The van der Waals surface area contributed by atoms with E-state index in [9.17, 15) is 0 Å². The zero-order valence-corrected chi connectivity index (χ0v) is 11.4. The molecule has 2 aromatic rings. The van der Waals surface area contributed by atoms with Crippen LogP contribution < -0.4 is 10.1 Å². The minimum absolute atomic E-state index is 0.0724. The molecule has 0 radical (unpaired) electrons. The van der Waals surface area contributed by atoms with Gasteiger partial charge < -0.3 is 10.1 Å². The Labute approximate surface area is 119 Å². The molecular weight excluding hydrogens is 250 g/mol. The highest BCUT2D eigenvalue weighted by Gasteiger charge is 2.04. The Morgan fingerprint density at radius 3 is 3.00 bits per heavy atom. The average Bonchev–Trinajstić information content (AvgIpc) is 2.52. The van der Waals surface area contributed by atoms with Gasteiger partial charge in [-0.05, 0) is 36.2 Å². The molecule has 1 heterocycles. The molecule has 0 amide bonds. The lowest BCUT2D eigenvalue weighted by atomic mass is 10.1. The molecule has 0 unspecified atom stereocenters. The Morgan fingerprint density at radius 2 is 2.25 bits per heavy atom. The molecule has 0 aliphatic heterocycles. The zero-order chi connectivity index (χ0) is 14.2. The van der Waals surface area contributed by atoms with Crippen LogP contribution in [-0.2, 0) is 6.54 Å². The summed E-state index contributed by atoms with van der Waals surface area (Å²) in [6, 6.07) is 13.9. The fourth-order valence-corrected chi connectivity index (χ4v) is 1.88. The predicted octanol–water partition coefficient (Wildman–Crippen LogP) is 2.83. The van der Waals surface area contributed by atoms with Crippen LogP contribution in [0.1, 0.15) is 24.1 Å². The van der Waals surface area contributed by atoms with E-state index in [1.54, 1.807) is 6.20 Å². The molecule has 4 nitrogen and oxygen atoms in total. The van der Waals surface area contributed by atoms with Crippen LogP contribution in [0.2, 0.25) is 0 Å². The lowest BCUT2D eigenvalue weighted by Crippen LogP contribution is -2.18. The van der Waals surface area contributed by atoms with Gasteiger partial charge in [0.05, 0.1) is 0 Å². The van der Waals surface area contributed by atoms with Crippen LogP contribution in [0, 0.1) is 11.3 Å². The summed E-state index contributed by atoms with van der Waals surface area (Å²) in [4.78, 5) is 4.12. The maximum absolute atomic E-state index is 8.51. The molecule has 1 aromatic heterocycles. The quantitative estimate of drug-likeness (QED) is 0.874. The number of nitrogens with zero attached hydrogens (tertiary/aromatic N) is 2. The second-order valence-corrected chi connectivity index (χ2v) is 4.48. The third kappa shape index (κ3) is 4.08. The summed E-state index contributed by atoms with van der Waals surface area (Å²) in [5.41, 5.74) is 2.28. The molecule has 0 aliphatic rings. The van der Waals surface area contributed by atoms with E-state index in [4.69, 9.17) is 10.00 Å². The van der Waals surface area contributed by atoms with Crippen LogP contribution in [0.5, 0.6) is 5.75 Å². The second kappa shape index (κ2) is 7.27. The van der Waals surface area contributed by atoms with Crippen LogP contribution in [0.15, 0.2) is 48.8 Å². The van der Waals surface area contributed by atoms with Gasteiger partial charge in [-0.1, -0.05) is 18.2 Å². The minimum atomic E-state index is 0.0724. The maximum Gasteiger partial charge on any atom is 0.174 e. The first kappa shape index (κ1) is 14.0. The van der Waals surface area contributed by atoms with E-state index in [0.717, 1.165) is 23.4 Å². The van der Waals surface area contributed by atoms with Gasteiger partial charge in [0.1, 0.15) is 11.8 Å². The fourth-order valence-electron chi connectivity index (χ4n) is 1.88. The highest BCUT2D eigenvalue weighted by atomic mass is 16.5. The lowest BCUT2D eigenvalue weighted by Gasteiger charge is -2.14. The smallest absolute Gasteiger partial charge is 0.174 e. The first-order valence-electron chi connectivity index (χ1n) is 6.51. The molecule has 0 saturated carbocycles. The van der Waals surface area contributed by atoms with E-state index in [0.29, 0.717) is 0 Å². The van der Waals surface area contributed by atoms with Crippen molar-refractivity contribution in [2.24, 2.45) is 0 Å². The van der Waals surface area contributed by atoms with Gasteiger partial charge in [0.25, 0.3) is 0 Å². The van der Waals surface area contributed by atoms with Crippen molar-refractivity contribution in [2.75, 3.05) is 6.61 Å². The number of ether oxygens (including phenoxy) is 1. The van der Waals surface area contributed by atoms with E-state index in [-0.39, 0.29) is 12.6 Å². The van der Waals surface area contributed by atoms with E-state index in [2.05, 4.69) is 23.3 Å². The summed E-state index contributed by atoms with van der Waals surface area (Å²) in [5.74, 6) is 0.722. The summed E-state index contributed by atoms with van der Waals surface area (Å²) < 4.78 is 5.29. The molecule has 0 saturated heterocycles. The van der Waals surface area contributed by atoms with Crippen LogP contribution in [0.4, 0.5) is 0 Å². The highest BCUT2D eigenvalue weighted by Crippen LogP contribution is 2.15. The zero-order valence-electron chi connectivity index (χ0n) is 11.4. The van der Waals surface area contributed by atoms with Gasteiger partial charge in [0.2, 0.25) is 0 Å². The van der Waals surface area contributed by atoms with Crippen molar-refractivity contribution >= 4 is 0 Å². The standard InChI is InChI=1S/C16H17N3O/c1-13(15-5-3-8-18-12-15)19-11-14-4-2-6-16(10-14)20-9-7-17/h2-6,8,10,12-13,19H,9,11H2,1H3/t13-/m1/s1. The monoisotopic (exact) mass is 267 g/mol. The van der Waals surface area contributed by atoms with Crippen molar-refractivity contribution in [2.45, 2.75) is 19.5 Å². The molecule has 0 spiro atoms. The predicted molar refractivity (Wildman–Crippen MR) is 77.0 cm³/mol. The summed E-state index contributed by atoms with van der Waals surface area (Å²) in [5, 5.41) is 11.9. The van der Waals surface area contributed by atoms with Gasteiger partial charge in [-0.2, -0.15) is 5.26 Å². The molecular formula is C16H17N3O. The molecule has 20 heavy (non-hydrogen) atoms. The van der Waals surface area contributed by atoms with Gasteiger partial charge in [-0.25, -0.2) is 0 Å². The molecule has 4 heteroatoms. The first-order valence-corrected chi connectivity index (χ1v) is 6.51. The second-order valence-electron chi connectivity index (χ2n) is 4.48. The Morgan fingerprint density at radius 1 is 1.35 bits per heavy atom. The number of nitrogens with one attached hydrogen (secondary N) is 1. The molecule has 0 aliphatic carbocycles. The SMILES string of the molecule is C[C@@H](NCc1cccc(OCC#N)c1)c1cccnc1. The van der Waals surface area contributed by atoms with Gasteiger partial charge in [-0.3, -0.25) is 4.98 Å². The van der Waals surface area contributed by atoms with E-state index < -0.39 is 0 Å². The van der Waals surface area contributed by atoms with Crippen LogP contribution >= 0.6 is 0 Å². The molecule has 102 valence electrons. The Hall–Kier alpha value is -2.38. The lowest BCUT2D eigenvalue weighted by molar-refractivity contribution is 0.367. The fraction of sp³-hybridized carbons (Fsp3) is 0.250. The molecule has 1 atom stereocenters. The van der Waals surface area contributed by atoms with Crippen LogP contribution in [0.25, 0.3) is 0 Å². The highest BCUT2D eigenvalue weighted by molar-refractivity contribution is 5.28. The molecule has 2 rings (SSSR count). The third-order valence-corrected chi connectivity index (χ3v) is 3.00. The number of benzene rings is 1. The number of nitriles is 1. The van der Waals surface area contributed by atoms with Gasteiger partial charge in [0, 0.05) is 25.0 Å².